The number of hydrazone groups is 1. The summed E-state index contributed by atoms with van der Waals surface area (Å²) in [6, 6.07) is 22.7. The van der Waals surface area contributed by atoms with E-state index in [0.29, 0.717) is 29.2 Å². The number of fused-ring (bicyclic) bond motifs is 1. The minimum atomic E-state index is -0.391. The Bertz CT molecular complexity index is 1380. The van der Waals surface area contributed by atoms with Gasteiger partial charge in [0.15, 0.2) is 0 Å². The van der Waals surface area contributed by atoms with Gasteiger partial charge in [-0.1, -0.05) is 36.4 Å². The Morgan fingerprint density at radius 3 is 2.67 bits per heavy atom. The number of methoxy groups -OCH3 is 2. The van der Waals surface area contributed by atoms with Gasteiger partial charge in [-0.05, 0) is 29.8 Å². The Morgan fingerprint density at radius 1 is 1.09 bits per heavy atom. The second-order valence-corrected chi connectivity index (χ2v) is 7.26. The Labute approximate surface area is 191 Å². The Balaban J connectivity index is 1.58. The van der Waals surface area contributed by atoms with Crippen LogP contribution in [0.1, 0.15) is 27.0 Å². The number of aromatic nitrogens is 1. The zero-order valence-electron chi connectivity index (χ0n) is 18.3. The minimum absolute atomic E-state index is 0.353. The van der Waals surface area contributed by atoms with Crippen LogP contribution in [0.25, 0.3) is 10.9 Å². The Morgan fingerprint density at radius 2 is 1.88 bits per heavy atom. The lowest BCUT2D eigenvalue weighted by Gasteiger charge is -2.08. The minimum Gasteiger partial charge on any atom is -0.497 e. The Hall–Kier alpha value is -4.57. The number of nitrogens with one attached hydrogen (secondary N) is 1. The van der Waals surface area contributed by atoms with Gasteiger partial charge in [0.25, 0.3) is 5.91 Å². The summed E-state index contributed by atoms with van der Waals surface area (Å²) in [5.74, 6) is 0.602. The van der Waals surface area contributed by atoms with Crippen LogP contribution in [0.5, 0.6) is 11.5 Å². The average Bonchev–Trinajstić information content (AvgIpc) is 3.21. The maximum atomic E-state index is 12.6. The number of para-hydroxylation sites is 1. The maximum Gasteiger partial charge on any atom is 0.275 e. The van der Waals surface area contributed by atoms with Crippen LogP contribution in [-0.4, -0.2) is 30.9 Å². The van der Waals surface area contributed by atoms with Gasteiger partial charge in [-0.3, -0.25) is 4.79 Å². The summed E-state index contributed by atoms with van der Waals surface area (Å²) in [4.78, 5) is 12.6. The zero-order valence-corrected chi connectivity index (χ0v) is 18.3. The first-order chi connectivity index (χ1) is 16.1. The van der Waals surface area contributed by atoms with Crippen molar-refractivity contribution >= 4 is 23.0 Å². The third-order valence-electron chi connectivity index (χ3n) is 5.32. The van der Waals surface area contributed by atoms with Gasteiger partial charge < -0.3 is 14.0 Å². The van der Waals surface area contributed by atoms with Crippen molar-refractivity contribution in [3.05, 3.63) is 95.2 Å². The van der Waals surface area contributed by atoms with Crippen LogP contribution in [0.2, 0.25) is 0 Å². The third kappa shape index (κ3) is 4.55. The highest BCUT2D eigenvalue weighted by atomic mass is 16.5. The molecule has 3 aromatic carbocycles. The standard InChI is InChI=1S/C26H22N4O3/c1-32-21-11-12-23(25(13-21)33-2)26(31)29-28-15-20-17-30(24-10-6-5-9-22(20)24)16-19-8-4-3-7-18(19)14-27/h3-13,15,17H,16H2,1-2H3,(H,29,31). The van der Waals surface area contributed by atoms with Crippen molar-refractivity contribution in [1.29, 1.82) is 5.26 Å². The fourth-order valence-corrected chi connectivity index (χ4v) is 3.67. The van der Waals surface area contributed by atoms with Gasteiger partial charge in [0.1, 0.15) is 11.5 Å². The molecule has 1 N–H and O–H groups in total. The van der Waals surface area contributed by atoms with E-state index in [1.165, 1.54) is 7.11 Å². The molecule has 1 aromatic heterocycles. The number of rotatable bonds is 7. The third-order valence-corrected chi connectivity index (χ3v) is 5.32. The summed E-state index contributed by atoms with van der Waals surface area (Å²) < 4.78 is 12.5. The van der Waals surface area contributed by atoms with Crippen LogP contribution in [0.3, 0.4) is 0 Å². The van der Waals surface area contributed by atoms with Crippen molar-refractivity contribution < 1.29 is 14.3 Å². The first-order valence-electron chi connectivity index (χ1n) is 10.3. The molecule has 1 amide bonds. The molecule has 0 spiro atoms. The van der Waals surface area contributed by atoms with E-state index in [1.54, 1.807) is 31.5 Å². The molecular weight excluding hydrogens is 416 g/mol. The molecule has 0 aliphatic rings. The first kappa shape index (κ1) is 21.7. The highest BCUT2D eigenvalue weighted by Gasteiger charge is 2.13. The van der Waals surface area contributed by atoms with Crippen LogP contribution in [0, 0.1) is 11.3 Å². The lowest BCUT2D eigenvalue weighted by atomic mass is 10.1. The van der Waals surface area contributed by atoms with E-state index >= 15 is 0 Å². The number of ether oxygens (including phenoxy) is 2. The molecule has 0 bridgehead atoms. The Kier molecular flexibility index (Phi) is 6.37. The van der Waals surface area contributed by atoms with Gasteiger partial charge in [-0.15, -0.1) is 0 Å². The lowest BCUT2D eigenvalue weighted by Crippen LogP contribution is -2.18. The SMILES string of the molecule is COc1ccc(C(=O)NN=Cc2cn(Cc3ccccc3C#N)c3ccccc23)c(OC)c1. The maximum absolute atomic E-state index is 12.6. The predicted octanol–water partition coefficient (Wildman–Crippen LogP) is 4.34. The first-order valence-corrected chi connectivity index (χ1v) is 10.3. The summed E-state index contributed by atoms with van der Waals surface area (Å²) >= 11 is 0. The van der Waals surface area contributed by atoms with Gasteiger partial charge in [0.2, 0.25) is 0 Å². The van der Waals surface area contributed by atoms with E-state index in [-0.39, 0.29) is 0 Å². The van der Waals surface area contributed by atoms with Crippen LogP contribution in [0.4, 0.5) is 0 Å². The summed E-state index contributed by atoms with van der Waals surface area (Å²) in [7, 11) is 3.04. The molecule has 0 saturated heterocycles. The molecule has 164 valence electrons. The quantitative estimate of drug-likeness (QED) is 0.343. The van der Waals surface area contributed by atoms with Crippen molar-refractivity contribution in [2.75, 3.05) is 14.2 Å². The van der Waals surface area contributed by atoms with Gasteiger partial charge in [-0.25, -0.2) is 5.43 Å². The number of nitrogens with zero attached hydrogens (tertiary/aromatic N) is 3. The van der Waals surface area contributed by atoms with Crippen molar-refractivity contribution in [2.45, 2.75) is 6.54 Å². The molecule has 7 nitrogen and oxygen atoms in total. The molecule has 7 heteroatoms. The highest BCUT2D eigenvalue weighted by molar-refractivity contribution is 6.01. The molecule has 0 saturated carbocycles. The van der Waals surface area contributed by atoms with E-state index in [0.717, 1.165) is 22.0 Å². The summed E-state index contributed by atoms with van der Waals surface area (Å²) in [5.41, 5.74) is 6.35. The molecule has 33 heavy (non-hydrogen) atoms. The number of hydrogen-bond donors (Lipinski definition) is 1. The number of benzene rings is 3. The number of carbonyl (C=O) groups is 1. The van der Waals surface area contributed by atoms with Crippen molar-refractivity contribution in [3.63, 3.8) is 0 Å². The van der Waals surface area contributed by atoms with Gasteiger partial charge in [0.05, 0.1) is 37.6 Å². The second-order valence-electron chi connectivity index (χ2n) is 7.26. The van der Waals surface area contributed by atoms with Gasteiger partial charge >= 0.3 is 0 Å². The predicted molar refractivity (Wildman–Crippen MR) is 127 cm³/mol. The molecule has 0 radical (unpaired) electrons. The van der Waals surface area contributed by atoms with Crippen LogP contribution in [-0.2, 0) is 6.54 Å². The number of hydrogen-bond acceptors (Lipinski definition) is 5. The molecular formula is C26H22N4O3. The van der Waals surface area contributed by atoms with Crippen LogP contribution in [0.15, 0.2) is 78.0 Å². The monoisotopic (exact) mass is 438 g/mol. The fourth-order valence-electron chi connectivity index (χ4n) is 3.67. The van der Waals surface area contributed by atoms with E-state index in [9.17, 15) is 10.1 Å². The molecule has 4 rings (SSSR count). The zero-order chi connectivity index (χ0) is 23.2. The van der Waals surface area contributed by atoms with Crippen molar-refractivity contribution in [1.82, 2.24) is 9.99 Å². The van der Waals surface area contributed by atoms with E-state index < -0.39 is 5.91 Å². The van der Waals surface area contributed by atoms with E-state index in [2.05, 4.69) is 21.2 Å². The van der Waals surface area contributed by atoms with Crippen LogP contribution < -0.4 is 14.9 Å². The normalized spacial score (nSPS) is 10.8. The number of amides is 1. The molecule has 0 fully saturated rings. The topological polar surface area (TPSA) is 88.6 Å². The average molecular weight is 438 g/mol. The van der Waals surface area contributed by atoms with Crippen molar-refractivity contribution in [2.24, 2.45) is 5.10 Å². The molecule has 1 heterocycles. The second kappa shape index (κ2) is 9.71. The van der Waals surface area contributed by atoms with Gasteiger partial charge in [-0.2, -0.15) is 10.4 Å². The van der Waals surface area contributed by atoms with Crippen molar-refractivity contribution in [3.8, 4) is 17.6 Å². The van der Waals surface area contributed by atoms with E-state index in [4.69, 9.17) is 9.47 Å². The largest absolute Gasteiger partial charge is 0.497 e. The fraction of sp³-hybridized carbons (Fsp3) is 0.115. The summed E-state index contributed by atoms with van der Waals surface area (Å²) in [5, 5.41) is 14.6. The molecule has 4 aromatic rings. The number of nitriles is 1. The molecule has 0 unspecified atom stereocenters. The van der Waals surface area contributed by atoms with E-state index in [1.807, 2.05) is 54.7 Å². The van der Waals surface area contributed by atoms with Gasteiger partial charge in [0, 0.05) is 35.3 Å². The molecule has 0 aliphatic carbocycles. The summed E-state index contributed by atoms with van der Waals surface area (Å²) in [6.45, 7) is 0.549. The molecule has 0 aliphatic heterocycles. The van der Waals surface area contributed by atoms with Crippen LogP contribution >= 0.6 is 0 Å². The highest BCUT2D eigenvalue weighted by Crippen LogP contribution is 2.25. The smallest absolute Gasteiger partial charge is 0.275 e. The number of carbonyl (C=O) groups excluding carboxylic acids is 1. The molecule has 0 atom stereocenters. The summed E-state index contributed by atoms with van der Waals surface area (Å²) in [6.07, 6.45) is 3.57. The lowest BCUT2D eigenvalue weighted by molar-refractivity contribution is 0.0952.